The van der Waals surface area contributed by atoms with Gasteiger partial charge in [0.25, 0.3) is 5.91 Å². The van der Waals surface area contributed by atoms with Crippen LogP contribution in [0.5, 0.6) is 0 Å². The zero-order valence-electron chi connectivity index (χ0n) is 13.7. The quantitative estimate of drug-likeness (QED) is 0.903. The summed E-state index contributed by atoms with van der Waals surface area (Å²) in [5, 5.41) is 3.33. The highest BCUT2D eigenvalue weighted by Gasteiger charge is 2.19. The molecule has 1 aliphatic heterocycles. The fraction of sp³-hybridized carbons (Fsp3) is 0.316. The molecule has 1 heterocycles. The van der Waals surface area contributed by atoms with E-state index in [1.807, 2.05) is 24.3 Å². The van der Waals surface area contributed by atoms with Gasteiger partial charge in [0.1, 0.15) is 0 Å². The number of halogens is 1. The number of nitrogens with zero attached hydrogens (tertiary/aromatic N) is 1. The molecule has 0 bridgehead atoms. The van der Waals surface area contributed by atoms with Crippen LogP contribution in [0.25, 0.3) is 0 Å². The molecule has 0 aliphatic carbocycles. The summed E-state index contributed by atoms with van der Waals surface area (Å²) in [7, 11) is 1.77. The fourth-order valence-electron chi connectivity index (χ4n) is 2.96. The third kappa shape index (κ3) is 3.89. The van der Waals surface area contributed by atoms with Gasteiger partial charge in [0.15, 0.2) is 0 Å². The standard InChI is InChI=1S/C19H21ClN2O2/c1-24-16-5-4-12-22(13-16)15-10-8-14(9-11-15)21-19(23)17-6-2-3-7-18(17)20/h2-3,6-11,16H,4-5,12-13H2,1H3,(H,21,23)/t16-/m0/s1. The summed E-state index contributed by atoms with van der Waals surface area (Å²) < 4.78 is 5.47. The van der Waals surface area contributed by atoms with E-state index in [9.17, 15) is 4.79 Å². The third-order valence-electron chi connectivity index (χ3n) is 4.32. The smallest absolute Gasteiger partial charge is 0.257 e. The molecule has 1 N–H and O–H groups in total. The van der Waals surface area contributed by atoms with Crippen molar-refractivity contribution in [3.05, 3.63) is 59.1 Å². The average Bonchev–Trinajstić information content (AvgIpc) is 2.62. The number of nitrogens with one attached hydrogen (secondary N) is 1. The number of anilines is 2. The van der Waals surface area contributed by atoms with Crippen molar-refractivity contribution in [1.82, 2.24) is 0 Å². The van der Waals surface area contributed by atoms with E-state index in [2.05, 4.69) is 10.2 Å². The lowest BCUT2D eigenvalue weighted by Crippen LogP contribution is -2.39. The number of amides is 1. The lowest BCUT2D eigenvalue weighted by atomic mass is 10.1. The lowest BCUT2D eigenvalue weighted by Gasteiger charge is -2.33. The van der Waals surface area contributed by atoms with Gasteiger partial charge in [-0.1, -0.05) is 23.7 Å². The van der Waals surface area contributed by atoms with Crippen molar-refractivity contribution in [1.29, 1.82) is 0 Å². The zero-order chi connectivity index (χ0) is 16.9. The summed E-state index contributed by atoms with van der Waals surface area (Å²) in [6, 6.07) is 14.9. The zero-order valence-corrected chi connectivity index (χ0v) is 14.4. The number of piperidine rings is 1. The van der Waals surface area contributed by atoms with Gasteiger partial charge < -0.3 is 15.0 Å². The van der Waals surface area contributed by atoms with Crippen LogP contribution in [-0.2, 0) is 4.74 Å². The first kappa shape index (κ1) is 16.8. The van der Waals surface area contributed by atoms with E-state index >= 15 is 0 Å². The average molecular weight is 345 g/mol. The molecule has 1 saturated heterocycles. The van der Waals surface area contributed by atoms with Gasteiger partial charge >= 0.3 is 0 Å². The Morgan fingerprint density at radius 3 is 2.67 bits per heavy atom. The molecule has 0 aromatic heterocycles. The minimum absolute atomic E-state index is 0.203. The highest BCUT2D eigenvalue weighted by atomic mass is 35.5. The van der Waals surface area contributed by atoms with E-state index < -0.39 is 0 Å². The van der Waals surface area contributed by atoms with Crippen LogP contribution < -0.4 is 10.2 Å². The molecule has 3 rings (SSSR count). The van der Waals surface area contributed by atoms with Crippen LogP contribution in [0.2, 0.25) is 5.02 Å². The molecule has 1 aliphatic rings. The molecule has 0 radical (unpaired) electrons. The molecular formula is C19H21ClN2O2. The van der Waals surface area contributed by atoms with E-state index in [0.29, 0.717) is 16.7 Å². The van der Waals surface area contributed by atoms with Crippen LogP contribution >= 0.6 is 11.6 Å². The second-order valence-corrected chi connectivity index (χ2v) is 6.33. The maximum Gasteiger partial charge on any atom is 0.257 e. The monoisotopic (exact) mass is 344 g/mol. The van der Waals surface area contributed by atoms with Crippen molar-refractivity contribution in [2.45, 2.75) is 18.9 Å². The molecular weight excluding hydrogens is 324 g/mol. The summed E-state index contributed by atoms with van der Waals surface area (Å²) in [4.78, 5) is 14.6. The molecule has 24 heavy (non-hydrogen) atoms. The van der Waals surface area contributed by atoms with E-state index in [1.165, 1.54) is 0 Å². The van der Waals surface area contributed by atoms with Crippen LogP contribution in [0.4, 0.5) is 11.4 Å². The normalized spacial score (nSPS) is 17.6. The predicted molar refractivity (Wildman–Crippen MR) is 98.1 cm³/mol. The first-order chi connectivity index (χ1) is 11.7. The van der Waals surface area contributed by atoms with E-state index in [1.54, 1.807) is 31.4 Å². The summed E-state index contributed by atoms with van der Waals surface area (Å²) in [6.07, 6.45) is 2.53. The number of benzene rings is 2. The van der Waals surface area contributed by atoms with Gasteiger partial charge in [-0.3, -0.25) is 4.79 Å². The van der Waals surface area contributed by atoms with Gasteiger partial charge in [-0.25, -0.2) is 0 Å². The van der Waals surface area contributed by atoms with Crippen LogP contribution in [0, 0.1) is 0 Å². The first-order valence-electron chi connectivity index (χ1n) is 8.11. The van der Waals surface area contributed by atoms with Crippen molar-refractivity contribution in [3.8, 4) is 0 Å². The predicted octanol–water partition coefficient (Wildman–Crippen LogP) is 4.21. The van der Waals surface area contributed by atoms with E-state index in [0.717, 1.165) is 37.3 Å². The molecule has 0 saturated carbocycles. The molecule has 126 valence electrons. The van der Waals surface area contributed by atoms with Gasteiger partial charge in [-0.05, 0) is 49.2 Å². The maximum absolute atomic E-state index is 12.3. The SMILES string of the molecule is CO[C@H]1CCCN(c2ccc(NC(=O)c3ccccc3Cl)cc2)C1. The molecule has 4 nitrogen and oxygen atoms in total. The molecule has 0 unspecified atom stereocenters. The highest BCUT2D eigenvalue weighted by molar-refractivity contribution is 6.34. The van der Waals surface area contributed by atoms with Gasteiger partial charge in [-0.15, -0.1) is 0 Å². The Labute approximate surface area is 147 Å². The number of methoxy groups -OCH3 is 1. The number of hydrogen-bond donors (Lipinski definition) is 1. The van der Waals surface area contributed by atoms with Crippen LogP contribution in [0.1, 0.15) is 23.2 Å². The summed E-state index contributed by atoms with van der Waals surface area (Å²) >= 11 is 6.06. The van der Waals surface area contributed by atoms with Gasteiger partial charge in [0.05, 0.1) is 16.7 Å². The number of ether oxygens (including phenoxy) is 1. The molecule has 1 amide bonds. The Morgan fingerprint density at radius 2 is 1.96 bits per heavy atom. The second kappa shape index (κ2) is 7.69. The Hall–Kier alpha value is -2.04. The van der Waals surface area contributed by atoms with Gasteiger partial charge in [0.2, 0.25) is 0 Å². The van der Waals surface area contributed by atoms with Crippen molar-refractivity contribution in [2.75, 3.05) is 30.4 Å². The number of carbonyl (C=O) groups excluding carboxylic acids is 1. The molecule has 0 spiro atoms. The number of hydrogen-bond acceptors (Lipinski definition) is 3. The fourth-order valence-corrected chi connectivity index (χ4v) is 3.19. The Balaban J connectivity index is 1.66. The summed E-state index contributed by atoms with van der Waals surface area (Å²) in [6.45, 7) is 1.94. The van der Waals surface area contributed by atoms with Crippen molar-refractivity contribution in [3.63, 3.8) is 0 Å². The number of carbonyl (C=O) groups is 1. The van der Waals surface area contributed by atoms with Gasteiger partial charge in [-0.2, -0.15) is 0 Å². The summed E-state index contributed by atoms with van der Waals surface area (Å²) in [5.74, 6) is -0.203. The topological polar surface area (TPSA) is 41.6 Å². The molecule has 1 atom stereocenters. The van der Waals surface area contributed by atoms with Crippen LogP contribution in [-0.4, -0.2) is 32.2 Å². The van der Waals surface area contributed by atoms with Crippen molar-refractivity contribution in [2.24, 2.45) is 0 Å². The van der Waals surface area contributed by atoms with Crippen LogP contribution in [0.3, 0.4) is 0 Å². The van der Waals surface area contributed by atoms with E-state index in [4.69, 9.17) is 16.3 Å². The largest absolute Gasteiger partial charge is 0.380 e. The number of rotatable bonds is 4. The maximum atomic E-state index is 12.3. The van der Waals surface area contributed by atoms with E-state index in [-0.39, 0.29) is 5.91 Å². The minimum Gasteiger partial charge on any atom is -0.380 e. The lowest BCUT2D eigenvalue weighted by molar-refractivity contribution is 0.0893. The van der Waals surface area contributed by atoms with Gasteiger partial charge in [0, 0.05) is 31.6 Å². The Kier molecular flexibility index (Phi) is 5.38. The molecule has 1 fully saturated rings. The van der Waals surface area contributed by atoms with Crippen molar-refractivity contribution >= 4 is 28.9 Å². The molecule has 2 aromatic carbocycles. The molecule has 5 heteroatoms. The minimum atomic E-state index is -0.203. The second-order valence-electron chi connectivity index (χ2n) is 5.93. The Morgan fingerprint density at radius 1 is 1.21 bits per heavy atom. The Bertz CT molecular complexity index is 703. The highest BCUT2D eigenvalue weighted by Crippen LogP contribution is 2.23. The van der Waals surface area contributed by atoms with Crippen LogP contribution in [0.15, 0.2) is 48.5 Å². The third-order valence-corrected chi connectivity index (χ3v) is 4.65. The summed E-state index contributed by atoms with van der Waals surface area (Å²) in [5.41, 5.74) is 2.37. The van der Waals surface area contributed by atoms with Crippen molar-refractivity contribution < 1.29 is 9.53 Å². The first-order valence-corrected chi connectivity index (χ1v) is 8.49. The molecule has 2 aromatic rings.